The lowest BCUT2D eigenvalue weighted by atomic mass is 9.90. The Morgan fingerprint density at radius 1 is 1.40 bits per heavy atom. The summed E-state index contributed by atoms with van der Waals surface area (Å²) in [7, 11) is 1.79. The molecule has 0 saturated carbocycles. The number of aromatic nitrogens is 2. The smallest absolute Gasteiger partial charge is 0.191 e. The van der Waals surface area contributed by atoms with Gasteiger partial charge in [-0.3, -0.25) is 4.99 Å². The molecule has 25 heavy (non-hydrogen) atoms. The number of guanidine groups is 1. The minimum atomic E-state index is -0.207. The number of para-hydroxylation sites is 1. The highest BCUT2D eigenvalue weighted by molar-refractivity contribution is 14.0. The van der Waals surface area contributed by atoms with Crippen molar-refractivity contribution in [2.24, 2.45) is 4.99 Å². The van der Waals surface area contributed by atoms with E-state index in [0.29, 0.717) is 0 Å². The average Bonchev–Trinajstić information content (AvgIpc) is 3.06. The van der Waals surface area contributed by atoms with Gasteiger partial charge < -0.3 is 19.9 Å². The lowest BCUT2D eigenvalue weighted by Crippen LogP contribution is -2.45. The molecule has 1 aliphatic rings. The van der Waals surface area contributed by atoms with Crippen molar-refractivity contribution in [1.29, 1.82) is 0 Å². The molecule has 1 aliphatic heterocycles. The van der Waals surface area contributed by atoms with Crippen molar-refractivity contribution in [2.75, 3.05) is 13.6 Å². The summed E-state index contributed by atoms with van der Waals surface area (Å²) in [5.41, 5.74) is 0.969. The van der Waals surface area contributed by atoms with Crippen LogP contribution in [0, 0.1) is 0 Å². The number of hydrogen-bond donors (Lipinski definition) is 2. The highest BCUT2D eigenvalue weighted by Crippen LogP contribution is 2.39. The number of hydrogen-bond acceptors (Lipinski definition) is 3. The lowest BCUT2D eigenvalue weighted by Gasteiger charge is -2.38. The van der Waals surface area contributed by atoms with E-state index in [9.17, 15) is 0 Å². The average molecular weight is 455 g/mol. The van der Waals surface area contributed by atoms with Gasteiger partial charge in [-0.25, -0.2) is 4.98 Å². The number of benzene rings is 1. The molecule has 1 aromatic heterocycles. The van der Waals surface area contributed by atoms with Gasteiger partial charge in [0.1, 0.15) is 11.4 Å². The van der Waals surface area contributed by atoms with Crippen LogP contribution in [0.3, 0.4) is 0 Å². The maximum atomic E-state index is 6.08. The molecule has 2 heterocycles. The molecule has 0 bridgehead atoms. The number of fused-ring (bicyclic) bond motifs is 1. The van der Waals surface area contributed by atoms with Gasteiger partial charge in [-0.15, -0.1) is 24.0 Å². The fourth-order valence-electron chi connectivity index (χ4n) is 3.01. The summed E-state index contributed by atoms with van der Waals surface area (Å²) in [4.78, 5) is 8.40. The van der Waals surface area contributed by atoms with Crippen LogP contribution in [0.2, 0.25) is 0 Å². The molecular weight excluding hydrogens is 429 g/mol. The number of imidazole rings is 1. The number of rotatable bonds is 4. The molecule has 0 amide bonds. The zero-order chi connectivity index (χ0) is 17.0. The van der Waals surface area contributed by atoms with E-state index in [-0.39, 0.29) is 35.6 Å². The largest absolute Gasteiger partial charge is 0.487 e. The SMILES string of the molecule is CN=C(NCCn1ccnc1)NC1CC(C)(C)Oc2ccccc21.I. The Morgan fingerprint density at radius 2 is 2.20 bits per heavy atom. The van der Waals surface area contributed by atoms with Crippen molar-refractivity contribution in [3.63, 3.8) is 0 Å². The molecule has 1 aromatic carbocycles. The minimum absolute atomic E-state index is 0. The summed E-state index contributed by atoms with van der Waals surface area (Å²) < 4.78 is 8.12. The van der Waals surface area contributed by atoms with E-state index in [1.807, 2.05) is 35.3 Å². The molecule has 0 spiro atoms. The summed E-state index contributed by atoms with van der Waals surface area (Å²) >= 11 is 0. The Hall–Kier alpha value is -1.77. The highest BCUT2D eigenvalue weighted by Gasteiger charge is 2.33. The zero-order valence-corrected chi connectivity index (χ0v) is 17.2. The van der Waals surface area contributed by atoms with E-state index < -0.39 is 0 Å². The molecule has 7 heteroatoms. The van der Waals surface area contributed by atoms with Crippen LogP contribution in [0.1, 0.15) is 31.9 Å². The molecule has 3 rings (SSSR count). The van der Waals surface area contributed by atoms with Gasteiger partial charge in [0.25, 0.3) is 0 Å². The second kappa shape index (κ2) is 8.55. The fourth-order valence-corrected chi connectivity index (χ4v) is 3.01. The summed E-state index contributed by atoms with van der Waals surface area (Å²) in [5, 5.41) is 6.89. The van der Waals surface area contributed by atoms with Crippen LogP contribution < -0.4 is 15.4 Å². The van der Waals surface area contributed by atoms with Crippen molar-refractivity contribution in [1.82, 2.24) is 20.2 Å². The molecule has 0 saturated heterocycles. The van der Waals surface area contributed by atoms with Gasteiger partial charge in [0.05, 0.1) is 12.4 Å². The third kappa shape index (κ3) is 5.10. The Morgan fingerprint density at radius 3 is 2.92 bits per heavy atom. The van der Waals surface area contributed by atoms with Gasteiger partial charge in [0.2, 0.25) is 0 Å². The maximum Gasteiger partial charge on any atom is 0.191 e. The number of aliphatic imine (C=N–C) groups is 1. The van der Waals surface area contributed by atoms with Gasteiger partial charge >= 0.3 is 0 Å². The first-order chi connectivity index (χ1) is 11.6. The first kappa shape index (κ1) is 19.6. The van der Waals surface area contributed by atoms with Crippen LogP contribution >= 0.6 is 24.0 Å². The van der Waals surface area contributed by atoms with Crippen LogP contribution in [-0.2, 0) is 6.54 Å². The van der Waals surface area contributed by atoms with Crippen molar-refractivity contribution < 1.29 is 4.74 Å². The number of ether oxygens (including phenoxy) is 1. The third-order valence-corrected chi connectivity index (χ3v) is 4.13. The monoisotopic (exact) mass is 455 g/mol. The van der Waals surface area contributed by atoms with Crippen LogP contribution in [0.25, 0.3) is 0 Å². The van der Waals surface area contributed by atoms with Crippen molar-refractivity contribution >= 4 is 29.9 Å². The van der Waals surface area contributed by atoms with Gasteiger partial charge in [-0.05, 0) is 19.9 Å². The summed E-state index contributed by atoms with van der Waals surface area (Å²) in [6, 6.07) is 8.37. The van der Waals surface area contributed by atoms with Crippen LogP contribution in [0.5, 0.6) is 5.75 Å². The van der Waals surface area contributed by atoms with E-state index in [1.54, 1.807) is 13.2 Å². The number of nitrogens with zero attached hydrogens (tertiary/aromatic N) is 3. The second-order valence-electron chi connectivity index (χ2n) is 6.60. The van der Waals surface area contributed by atoms with Gasteiger partial charge in [0.15, 0.2) is 5.96 Å². The van der Waals surface area contributed by atoms with E-state index in [2.05, 4.69) is 40.5 Å². The van der Waals surface area contributed by atoms with E-state index >= 15 is 0 Å². The van der Waals surface area contributed by atoms with Crippen LogP contribution in [-0.4, -0.2) is 34.7 Å². The molecule has 0 radical (unpaired) electrons. The molecule has 0 fully saturated rings. The topological polar surface area (TPSA) is 63.5 Å². The van der Waals surface area contributed by atoms with Gasteiger partial charge in [-0.2, -0.15) is 0 Å². The Labute approximate surface area is 166 Å². The Bertz CT molecular complexity index is 699. The molecule has 1 unspecified atom stereocenters. The molecule has 1 atom stereocenters. The lowest BCUT2D eigenvalue weighted by molar-refractivity contribution is 0.0694. The highest BCUT2D eigenvalue weighted by atomic mass is 127. The third-order valence-electron chi connectivity index (χ3n) is 4.13. The molecule has 2 N–H and O–H groups in total. The zero-order valence-electron chi connectivity index (χ0n) is 14.9. The molecule has 0 aliphatic carbocycles. The second-order valence-corrected chi connectivity index (χ2v) is 6.60. The summed E-state index contributed by atoms with van der Waals surface area (Å²) in [6.07, 6.45) is 6.44. The first-order valence-electron chi connectivity index (χ1n) is 8.28. The van der Waals surface area contributed by atoms with Crippen molar-refractivity contribution in [3.8, 4) is 5.75 Å². The molecule has 6 nitrogen and oxygen atoms in total. The van der Waals surface area contributed by atoms with Crippen molar-refractivity contribution in [2.45, 2.75) is 38.5 Å². The fraction of sp³-hybridized carbons (Fsp3) is 0.444. The van der Waals surface area contributed by atoms with Crippen LogP contribution in [0.15, 0.2) is 48.0 Å². The van der Waals surface area contributed by atoms with Gasteiger partial charge in [0, 0.05) is 44.5 Å². The molecule has 136 valence electrons. The van der Waals surface area contributed by atoms with Crippen LogP contribution in [0.4, 0.5) is 0 Å². The normalized spacial score (nSPS) is 18.5. The quantitative estimate of drug-likeness (QED) is 0.423. The predicted molar refractivity (Wildman–Crippen MR) is 111 cm³/mol. The maximum absolute atomic E-state index is 6.08. The first-order valence-corrected chi connectivity index (χ1v) is 8.28. The molecule has 2 aromatic rings. The summed E-state index contributed by atoms with van der Waals surface area (Å²) in [6.45, 7) is 5.86. The Balaban J connectivity index is 0.00000225. The predicted octanol–water partition coefficient (Wildman–Crippen LogP) is 2.97. The minimum Gasteiger partial charge on any atom is -0.487 e. The van der Waals surface area contributed by atoms with E-state index in [1.165, 1.54) is 5.56 Å². The molecular formula is C18H26IN5O. The Kier molecular flexibility index (Phi) is 6.69. The standard InChI is InChI=1S/C18H25N5O.HI/c1-18(2)12-15(14-6-4-5-7-16(14)24-18)22-17(19-3)21-9-11-23-10-8-20-13-23;/h4-8,10,13,15H,9,11-12H2,1-3H3,(H2,19,21,22);1H. The van der Waals surface area contributed by atoms with Crippen molar-refractivity contribution in [3.05, 3.63) is 48.5 Å². The number of halogens is 1. The summed E-state index contributed by atoms with van der Waals surface area (Å²) in [5.74, 6) is 1.74. The van der Waals surface area contributed by atoms with Gasteiger partial charge in [-0.1, -0.05) is 18.2 Å². The van der Waals surface area contributed by atoms with E-state index in [4.69, 9.17) is 4.74 Å². The van der Waals surface area contributed by atoms with E-state index in [0.717, 1.165) is 31.2 Å². The number of nitrogens with one attached hydrogen (secondary N) is 2.